The lowest BCUT2D eigenvalue weighted by atomic mass is 10.2. The smallest absolute Gasteiger partial charge is 0.228 e. The summed E-state index contributed by atoms with van der Waals surface area (Å²) in [6.45, 7) is 3.77. The molecule has 2 aliphatic heterocycles. The molecule has 1 aromatic heterocycles. The van der Waals surface area contributed by atoms with Gasteiger partial charge in [0.1, 0.15) is 5.82 Å². The molecule has 4 rings (SSSR count). The number of rotatable bonds is 9. The van der Waals surface area contributed by atoms with Gasteiger partial charge in [-0.2, -0.15) is 0 Å². The maximum absolute atomic E-state index is 14.2. The van der Waals surface area contributed by atoms with Crippen LogP contribution < -0.4 is 0 Å². The number of carbonyl (C=O) groups excluding carboxylic acids is 1. The molecule has 2 aromatic rings. The Bertz CT molecular complexity index is 1080. The predicted octanol–water partition coefficient (Wildman–Crippen LogP) is 2.70. The fourth-order valence-corrected chi connectivity index (χ4v) is 5.89. The minimum Gasteiger partial charge on any atom is -0.376 e. The zero-order valence-corrected chi connectivity index (χ0v) is 19.6. The van der Waals surface area contributed by atoms with Gasteiger partial charge in [-0.05, 0) is 31.7 Å². The van der Waals surface area contributed by atoms with Gasteiger partial charge in [-0.1, -0.05) is 18.2 Å². The van der Waals surface area contributed by atoms with Crippen molar-refractivity contribution in [2.75, 3.05) is 19.8 Å². The molecule has 33 heavy (non-hydrogen) atoms. The summed E-state index contributed by atoms with van der Waals surface area (Å²) in [5, 5.41) is -0.128. The van der Waals surface area contributed by atoms with Gasteiger partial charge in [0.2, 0.25) is 20.9 Å². The van der Waals surface area contributed by atoms with E-state index in [1.807, 2.05) is 0 Å². The van der Waals surface area contributed by atoms with Crippen LogP contribution in [0.4, 0.5) is 4.39 Å². The molecule has 3 heterocycles. The van der Waals surface area contributed by atoms with Crippen molar-refractivity contribution in [1.82, 2.24) is 14.5 Å². The van der Waals surface area contributed by atoms with Gasteiger partial charge >= 0.3 is 0 Å². The molecule has 0 bridgehead atoms. The molecule has 2 fully saturated rings. The quantitative estimate of drug-likeness (QED) is 0.549. The minimum atomic E-state index is -3.94. The van der Waals surface area contributed by atoms with Gasteiger partial charge in [-0.25, -0.2) is 17.8 Å². The second-order valence-corrected chi connectivity index (χ2v) is 10.5. The first kappa shape index (κ1) is 23.8. The summed E-state index contributed by atoms with van der Waals surface area (Å²) < 4.78 is 53.7. The number of hydrogen-bond acceptors (Lipinski definition) is 6. The highest BCUT2D eigenvalue weighted by molar-refractivity contribution is 7.90. The van der Waals surface area contributed by atoms with E-state index in [9.17, 15) is 17.6 Å². The van der Waals surface area contributed by atoms with E-state index in [0.717, 1.165) is 25.7 Å². The molecule has 2 aliphatic rings. The highest BCUT2D eigenvalue weighted by Crippen LogP contribution is 2.24. The van der Waals surface area contributed by atoms with Crippen molar-refractivity contribution in [2.45, 2.75) is 68.8 Å². The number of benzene rings is 1. The number of amides is 1. The van der Waals surface area contributed by atoms with E-state index in [1.165, 1.54) is 31.3 Å². The van der Waals surface area contributed by atoms with Crippen LogP contribution >= 0.6 is 0 Å². The van der Waals surface area contributed by atoms with Crippen LogP contribution in [0.2, 0.25) is 0 Å². The number of imidazole rings is 1. The average molecular weight is 480 g/mol. The van der Waals surface area contributed by atoms with Crippen LogP contribution in [0.3, 0.4) is 0 Å². The third kappa shape index (κ3) is 5.80. The highest BCUT2D eigenvalue weighted by Gasteiger charge is 2.29. The molecule has 0 radical (unpaired) electrons. The number of sulfone groups is 1. The lowest BCUT2D eigenvalue weighted by Crippen LogP contribution is -2.36. The fourth-order valence-electron chi connectivity index (χ4n) is 4.37. The lowest BCUT2D eigenvalue weighted by Gasteiger charge is -2.25. The van der Waals surface area contributed by atoms with Crippen LogP contribution in [0.1, 0.15) is 43.9 Å². The van der Waals surface area contributed by atoms with Crippen molar-refractivity contribution in [3.63, 3.8) is 0 Å². The van der Waals surface area contributed by atoms with E-state index in [2.05, 4.69) is 4.98 Å². The Labute approximate surface area is 193 Å². The van der Waals surface area contributed by atoms with E-state index in [-0.39, 0.29) is 35.4 Å². The predicted molar refractivity (Wildman–Crippen MR) is 119 cm³/mol. The number of nitrogens with zero attached hydrogens (tertiary/aromatic N) is 3. The largest absolute Gasteiger partial charge is 0.376 e. The summed E-state index contributed by atoms with van der Waals surface area (Å²) in [7, 11) is -3.94. The topological polar surface area (TPSA) is 90.7 Å². The second kappa shape index (κ2) is 10.3. The van der Waals surface area contributed by atoms with Crippen LogP contribution in [-0.2, 0) is 42.9 Å². The number of halogens is 1. The molecule has 2 saturated heterocycles. The molecule has 0 spiro atoms. The van der Waals surface area contributed by atoms with Crippen LogP contribution in [0, 0.1) is 5.82 Å². The summed E-state index contributed by atoms with van der Waals surface area (Å²) in [4.78, 5) is 18.2. The van der Waals surface area contributed by atoms with Gasteiger partial charge in [0.05, 0.1) is 42.9 Å². The van der Waals surface area contributed by atoms with Crippen LogP contribution in [0.25, 0.3) is 0 Å². The molecule has 0 aliphatic carbocycles. The summed E-state index contributed by atoms with van der Waals surface area (Å²) in [6.07, 6.45) is 4.92. The van der Waals surface area contributed by atoms with Crippen LogP contribution in [0.15, 0.2) is 35.6 Å². The van der Waals surface area contributed by atoms with Gasteiger partial charge in [0, 0.05) is 32.2 Å². The molecule has 1 aromatic carbocycles. The first-order valence-electron chi connectivity index (χ1n) is 11.3. The molecule has 8 nitrogen and oxygen atoms in total. The van der Waals surface area contributed by atoms with Crippen molar-refractivity contribution in [3.8, 4) is 0 Å². The van der Waals surface area contributed by atoms with Crippen LogP contribution in [0.5, 0.6) is 0 Å². The van der Waals surface area contributed by atoms with E-state index < -0.39 is 21.4 Å². The third-order valence-electron chi connectivity index (χ3n) is 6.14. The Kier molecular flexibility index (Phi) is 7.45. The lowest BCUT2D eigenvalue weighted by molar-refractivity contribution is -0.131. The summed E-state index contributed by atoms with van der Waals surface area (Å²) >= 11 is 0. The Morgan fingerprint density at radius 3 is 2.52 bits per heavy atom. The zero-order valence-electron chi connectivity index (χ0n) is 18.8. The van der Waals surface area contributed by atoms with Crippen molar-refractivity contribution < 1.29 is 27.1 Å². The number of aromatic nitrogens is 2. The zero-order chi connectivity index (χ0) is 23.4. The highest BCUT2D eigenvalue weighted by atomic mass is 32.2. The van der Waals surface area contributed by atoms with Crippen molar-refractivity contribution in [2.24, 2.45) is 0 Å². The number of carbonyl (C=O) groups is 1. The van der Waals surface area contributed by atoms with Gasteiger partial charge in [-0.15, -0.1) is 0 Å². The Hall–Kier alpha value is -2.30. The third-order valence-corrected chi connectivity index (χ3v) is 7.71. The molecule has 0 saturated carbocycles. The number of ether oxygens (including phenoxy) is 2. The van der Waals surface area contributed by atoms with Gasteiger partial charge in [-0.3, -0.25) is 4.79 Å². The van der Waals surface area contributed by atoms with Crippen molar-refractivity contribution >= 4 is 15.7 Å². The molecule has 10 heteroatoms. The molecule has 0 N–H and O–H groups in total. The maximum Gasteiger partial charge on any atom is 0.228 e. The Morgan fingerprint density at radius 1 is 1.18 bits per heavy atom. The second-order valence-electron chi connectivity index (χ2n) is 8.66. The minimum absolute atomic E-state index is 0.0207. The molecular formula is C23H30FN3O5S. The monoisotopic (exact) mass is 479 g/mol. The summed E-state index contributed by atoms with van der Waals surface area (Å²) in [5.74, 6) is -1.18. The van der Waals surface area contributed by atoms with E-state index in [0.29, 0.717) is 32.0 Å². The van der Waals surface area contributed by atoms with Gasteiger partial charge < -0.3 is 18.9 Å². The molecule has 2 atom stereocenters. The Balaban J connectivity index is 1.62. The van der Waals surface area contributed by atoms with Crippen molar-refractivity contribution in [1.29, 1.82) is 0 Å². The molecule has 1 amide bonds. The average Bonchev–Trinajstić information content (AvgIpc) is 3.53. The standard InChI is InChI=1S/C23H30FN3O5S/c1-17(28)26(14-20-7-4-10-31-20)13-19-12-25-23(27(19)15-21-8-5-11-32-21)33(29,30)16-18-6-2-3-9-22(18)24/h2-3,6,9,12,20-21H,4-5,7-8,10-11,13-16H2,1H3. The normalized spacial score (nSPS) is 20.9. The van der Waals surface area contributed by atoms with Gasteiger partial charge in [0.15, 0.2) is 0 Å². The van der Waals surface area contributed by atoms with E-state index in [4.69, 9.17) is 9.47 Å². The van der Waals surface area contributed by atoms with Gasteiger partial charge in [0.25, 0.3) is 0 Å². The summed E-state index contributed by atoms with van der Waals surface area (Å²) in [5.41, 5.74) is 0.695. The first-order chi connectivity index (χ1) is 15.8. The Morgan fingerprint density at radius 2 is 1.88 bits per heavy atom. The fraction of sp³-hybridized carbons (Fsp3) is 0.565. The molecular weight excluding hydrogens is 449 g/mol. The van der Waals surface area contributed by atoms with Crippen molar-refractivity contribution in [3.05, 3.63) is 47.5 Å². The maximum atomic E-state index is 14.2. The summed E-state index contributed by atoms with van der Waals surface area (Å²) in [6, 6.07) is 5.82. The number of hydrogen-bond donors (Lipinski definition) is 0. The van der Waals surface area contributed by atoms with E-state index >= 15 is 0 Å². The van der Waals surface area contributed by atoms with E-state index in [1.54, 1.807) is 15.5 Å². The SMILES string of the molecule is CC(=O)N(Cc1cnc(S(=O)(=O)Cc2ccccc2F)n1CC1CCCO1)CC1CCCO1. The molecule has 2 unspecified atom stereocenters. The molecule has 180 valence electrons. The van der Waals surface area contributed by atoms with Crippen LogP contribution in [-0.4, -0.2) is 60.7 Å². The first-order valence-corrected chi connectivity index (χ1v) is 13.0.